The van der Waals surface area contributed by atoms with Crippen LogP contribution in [0.2, 0.25) is 0 Å². The third-order valence-electron chi connectivity index (χ3n) is 3.92. The molecule has 0 aromatic carbocycles. The van der Waals surface area contributed by atoms with Gasteiger partial charge in [-0.3, -0.25) is 0 Å². The van der Waals surface area contributed by atoms with E-state index in [4.69, 9.17) is 5.14 Å². The van der Waals surface area contributed by atoms with Gasteiger partial charge in [0.2, 0.25) is 0 Å². The topological polar surface area (TPSA) is 104 Å². The maximum atomic E-state index is 12.6. The summed E-state index contributed by atoms with van der Waals surface area (Å²) >= 11 is 0. The first-order valence-electron chi connectivity index (χ1n) is 6.78. The fraction of sp³-hybridized carbons (Fsp3) is 1.00. The molecular weight excluding hydrogens is 304 g/mol. The second-order valence-electron chi connectivity index (χ2n) is 5.31. The van der Waals surface area contributed by atoms with Gasteiger partial charge < -0.3 is 0 Å². The van der Waals surface area contributed by atoms with Crippen molar-refractivity contribution in [3.05, 3.63) is 0 Å². The molecule has 2 fully saturated rings. The third-order valence-corrected chi connectivity index (χ3v) is 7.16. The molecule has 0 aromatic rings. The molecule has 8 nitrogen and oxygen atoms in total. The lowest BCUT2D eigenvalue weighted by molar-refractivity contribution is 0.219. The zero-order chi connectivity index (χ0) is 15.0. The van der Waals surface area contributed by atoms with Gasteiger partial charge >= 0.3 is 0 Å². The molecule has 1 unspecified atom stereocenters. The van der Waals surface area contributed by atoms with Crippen molar-refractivity contribution in [2.24, 2.45) is 5.14 Å². The minimum atomic E-state index is -3.73. The lowest BCUT2D eigenvalue weighted by atomic mass is 10.1. The normalized spacial score (nSPS) is 28.6. The van der Waals surface area contributed by atoms with Crippen molar-refractivity contribution in [1.29, 1.82) is 0 Å². The zero-order valence-electron chi connectivity index (χ0n) is 11.6. The molecule has 0 radical (unpaired) electrons. The van der Waals surface area contributed by atoms with Crippen molar-refractivity contribution in [3.8, 4) is 0 Å². The highest BCUT2D eigenvalue weighted by molar-refractivity contribution is 7.87. The minimum absolute atomic E-state index is 0.00465. The van der Waals surface area contributed by atoms with Gasteiger partial charge in [-0.15, -0.1) is 0 Å². The van der Waals surface area contributed by atoms with E-state index < -0.39 is 20.4 Å². The van der Waals surface area contributed by atoms with E-state index in [1.165, 1.54) is 8.61 Å². The molecule has 0 bridgehead atoms. The van der Waals surface area contributed by atoms with E-state index in [9.17, 15) is 16.8 Å². The van der Waals surface area contributed by atoms with Gasteiger partial charge in [0, 0.05) is 38.8 Å². The van der Waals surface area contributed by atoms with Gasteiger partial charge in [0.15, 0.2) is 0 Å². The monoisotopic (exact) mass is 326 g/mol. The smallest absolute Gasteiger partial charge is 0.216 e. The van der Waals surface area contributed by atoms with Gasteiger partial charge in [-0.2, -0.15) is 29.8 Å². The van der Waals surface area contributed by atoms with Gasteiger partial charge in [-0.25, -0.2) is 5.14 Å². The van der Waals surface area contributed by atoms with Crippen LogP contribution in [0.25, 0.3) is 0 Å². The lowest BCUT2D eigenvalue weighted by Gasteiger charge is -2.39. The highest BCUT2D eigenvalue weighted by Gasteiger charge is 2.37. The first kappa shape index (κ1) is 16.1. The first-order valence-corrected chi connectivity index (χ1v) is 9.68. The van der Waals surface area contributed by atoms with Crippen molar-refractivity contribution in [1.82, 2.24) is 12.9 Å². The van der Waals surface area contributed by atoms with E-state index in [2.05, 4.69) is 0 Å². The number of nitrogens with two attached hydrogens (primary N) is 1. The Kier molecular flexibility index (Phi) is 4.72. The summed E-state index contributed by atoms with van der Waals surface area (Å²) in [7, 11) is -7.23. The van der Waals surface area contributed by atoms with Crippen LogP contribution in [0.3, 0.4) is 0 Å². The Morgan fingerprint density at radius 2 is 1.45 bits per heavy atom. The summed E-state index contributed by atoms with van der Waals surface area (Å²) in [5, 5.41) is 5.05. The van der Waals surface area contributed by atoms with Crippen molar-refractivity contribution in [2.75, 3.05) is 32.7 Å². The Morgan fingerprint density at radius 1 is 0.900 bits per heavy atom. The number of hydrogen-bond donors (Lipinski definition) is 1. The largest absolute Gasteiger partial charge is 0.282 e. The Hall–Kier alpha value is -0.260. The van der Waals surface area contributed by atoms with Crippen LogP contribution in [0, 0.1) is 0 Å². The van der Waals surface area contributed by atoms with Gasteiger partial charge in [0.1, 0.15) is 0 Å². The summed E-state index contributed by atoms with van der Waals surface area (Å²) in [6.45, 7) is 2.99. The summed E-state index contributed by atoms with van der Waals surface area (Å²) < 4.78 is 51.6. The summed E-state index contributed by atoms with van der Waals surface area (Å²) in [6.07, 6.45) is 2.80. The van der Waals surface area contributed by atoms with Crippen LogP contribution in [0.1, 0.15) is 26.2 Å². The molecule has 2 aliphatic rings. The molecule has 0 aromatic heterocycles. The molecule has 20 heavy (non-hydrogen) atoms. The number of piperidine rings is 1. The van der Waals surface area contributed by atoms with Crippen LogP contribution in [-0.2, 0) is 20.4 Å². The molecule has 118 valence electrons. The van der Waals surface area contributed by atoms with Gasteiger partial charge in [0.25, 0.3) is 20.4 Å². The van der Waals surface area contributed by atoms with E-state index in [0.717, 1.165) is 23.6 Å². The van der Waals surface area contributed by atoms with Crippen molar-refractivity contribution in [3.63, 3.8) is 0 Å². The second kappa shape index (κ2) is 5.85. The van der Waals surface area contributed by atoms with E-state index >= 15 is 0 Å². The average Bonchev–Trinajstić information content (AvgIpc) is 2.38. The van der Waals surface area contributed by atoms with E-state index in [1.54, 1.807) is 0 Å². The number of hydrogen-bond acceptors (Lipinski definition) is 4. The van der Waals surface area contributed by atoms with Crippen LogP contribution in [-0.4, -0.2) is 68.5 Å². The fourth-order valence-electron chi connectivity index (χ4n) is 2.72. The SMILES string of the molecule is CC1CCCCN1S(=O)(=O)N1CCN(S(N)(=O)=O)CC1. The van der Waals surface area contributed by atoms with Gasteiger partial charge in [0.05, 0.1) is 0 Å². The predicted octanol–water partition coefficient (Wildman–Crippen LogP) is -1.07. The summed E-state index contributed by atoms with van der Waals surface area (Å²) in [4.78, 5) is 0. The quantitative estimate of drug-likeness (QED) is 0.713. The van der Waals surface area contributed by atoms with Crippen LogP contribution < -0.4 is 5.14 Å². The first-order chi connectivity index (χ1) is 9.23. The van der Waals surface area contributed by atoms with Gasteiger partial charge in [-0.1, -0.05) is 6.42 Å². The second-order valence-corrected chi connectivity index (χ2v) is 8.73. The predicted molar refractivity (Wildman–Crippen MR) is 75.2 cm³/mol. The Bertz CT molecular complexity index is 540. The molecule has 0 aliphatic carbocycles. The molecule has 0 saturated carbocycles. The molecule has 0 amide bonds. The molecule has 2 rings (SSSR count). The Morgan fingerprint density at radius 3 is 1.95 bits per heavy atom. The highest BCUT2D eigenvalue weighted by atomic mass is 32.2. The molecule has 2 heterocycles. The third kappa shape index (κ3) is 3.31. The lowest BCUT2D eigenvalue weighted by Crippen LogP contribution is -2.57. The maximum absolute atomic E-state index is 12.6. The minimum Gasteiger partial charge on any atom is -0.216 e. The zero-order valence-corrected chi connectivity index (χ0v) is 13.2. The molecular formula is C10H22N4O4S2. The molecule has 10 heteroatoms. The van der Waals surface area contributed by atoms with Crippen molar-refractivity contribution in [2.45, 2.75) is 32.2 Å². The van der Waals surface area contributed by atoms with Crippen molar-refractivity contribution >= 4 is 20.4 Å². The van der Waals surface area contributed by atoms with Crippen LogP contribution in [0.5, 0.6) is 0 Å². The van der Waals surface area contributed by atoms with Crippen LogP contribution in [0.15, 0.2) is 0 Å². The number of nitrogens with zero attached hydrogens (tertiary/aromatic N) is 3. The molecule has 2 N–H and O–H groups in total. The molecule has 1 atom stereocenters. The van der Waals surface area contributed by atoms with Gasteiger partial charge in [-0.05, 0) is 19.8 Å². The summed E-state index contributed by atoms with van der Waals surface area (Å²) in [5.41, 5.74) is 0. The van der Waals surface area contributed by atoms with Crippen molar-refractivity contribution < 1.29 is 16.8 Å². The van der Waals surface area contributed by atoms with Crippen LogP contribution in [0.4, 0.5) is 0 Å². The van der Waals surface area contributed by atoms with E-state index in [-0.39, 0.29) is 32.2 Å². The Balaban J connectivity index is 2.05. The van der Waals surface area contributed by atoms with E-state index in [0.29, 0.717) is 6.54 Å². The molecule has 0 spiro atoms. The fourth-order valence-corrected chi connectivity index (χ4v) is 5.23. The number of rotatable bonds is 3. The average molecular weight is 326 g/mol. The Labute approximate surface area is 120 Å². The van der Waals surface area contributed by atoms with Crippen LogP contribution >= 0.6 is 0 Å². The maximum Gasteiger partial charge on any atom is 0.282 e. The molecule has 2 aliphatic heterocycles. The standard InChI is InChI=1S/C10H22N4O4S2/c1-10-4-2-3-5-14(10)20(17,18)13-8-6-12(7-9-13)19(11,15)16/h10H,2-9H2,1H3,(H2,11,15,16). The summed E-state index contributed by atoms with van der Waals surface area (Å²) in [5.74, 6) is 0. The highest BCUT2D eigenvalue weighted by Crippen LogP contribution is 2.23. The summed E-state index contributed by atoms with van der Waals surface area (Å²) in [6, 6.07) is 0.00465. The molecule has 2 saturated heterocycles. The van der Waals surface area contributed by atoms with E-state index in [1.807, 2.05) is 6.92 Å². The number of piperazine rings is 1.